The largest absolute Gasteiger partial charge is 0.490 e. The van der Waals surface area contributed by atoms with Crippen molar-refractivity contribution in [2.24, 2.45) is 23.5 Å². The van der Waals surface area contributed by atoms with Gasteiger partial charge < -0.3 is 20.9 Å². The first kappa shape index (κ1) is 25.0. The summed E-state index contributed by atoms with van der Waals surface area (Å²) in [4.78, 5) is 33.5. The van der Waals surface area contributed by atoms with Crippen LogP contribution in [0.15, 0.2) is 30.3 Å². The summed E-state index contributed by atoms with van der Waals surface area (Å²) >= 11 is 0. The van der Waals surface area contributed by atoms with Crippen LogP contribution in [0, 0.1) is 17.8 Å². The topological polar surface area (TPSA) is 119 Å². The van der Waals surface area contributed by atoms with Gasteiger partial charge in [0.05, 0.1) is 12.5 Å². The van der Waals surface area contributed by atoms with Gasteiger partial charge in [-0.2, -0.15) is 13.2 Å². The Hall–Kier alpha value is -2.62. The van der Waals surface area contributed by atoms with E-state index in [-0.39, 0.29) is 24.5 Å². The number of carboxylic acid groups (broad SMARTS) is 1. The van der Waals surface area contributed by atoms with Gasteiger partial charge in [0.2, 0.25) is 5.91 Å². The van der Waals surface area contributed by atoms with Crippen molar-refractivity contribution in [2.75, 3.05) is 0 Å². The third kappa shape index (κ3) is 6.93. The van der Waals surface area contributed by atoms with Crippen LogP contribution in [0.3, 0.4) is 0 Å². The van der Waals surface area contributed by atoms with Crippen LogP contribution in [0.2, 0.25) is 0 Å². The van der Waals surface area contributed by atoms with E-state index in [1.165, 1.54) is 19.3 Å². The Morgan fingerprint density at radius 2 is 1.55 bits per heavy atom. The van der Waals surface area contributed by atoms with Crippen molar-refractivity contribution in [1.29, 1.82) is 0 Å². The Morgan fingerprint density at radius 1 is 1.06 bits per heavy atom. The van der Waals surface area contributed by atoms with E-state index in [4.69, 9.17) is 20.4 Å². The van der Waals surface area contributed by atoms with E-state index in [2.05, 4.69) is 5.32 Å². The van der Waals surface area contributed by atoms with Gasteiger partial charge in [-0.25, -0.2) is 4.79 Å². The summed E-state index contributed by atoms with van der Waals surface area (Å²) in [7, 11) is 0. The van der Waals surface area contributed by atoms with Gasteiger partial charge in [-0.3, -0.25) is 9.59 Å². The molecule has 4 aliphatic rings. The minimum Gasteiger partial charge on any atom is -0.475 e. The van der Waals surface area contributed by atoms with Crippen LogP contribution in [0.4, 0.5) is 13.2 Å². The van der Waals surface area contributed by atoms with Gasteiger partial charge in [-0.05, 0) is 61.8 Å². The lowest BCUT2D eigenvalue weighted by molar-refractivity contribution is -0.192. The van der Waals surface area contributed by atoms with Crippen molar-refractivity contribution < 1.29 is 37.4 Å². The van der Waals surface area contributed by atoms with Crippen molar-refractivity contribution in [1.82, 2.24) is 5.32 Å². The molecule has 1 aromatic rings. The van der Waals surface area contributed by atoms with Gasteiger partial charge in [-0.1, -0.05) is 30.3 Å². The zero-order valence-corrected chi connectivity index (χ0v) is 18.1. The number of hydrogen-bond acceptors (Lipinski definition) is 5. The molecular formula is C23H29F3N2O5. The molecule has 0 unspecified atom stereocenters. The molecule has 1 aromatic carbocycles. The van der Waals surface area contributed by atoms with E-state index >= 15 is 0 Å². The third-order valence-corrected chi connectivity index (χ3v) is 6.64. The second-order valence-corrected chi connectivity index (χ2v) is 9.45. The van der Waals surface area contributed by atoms with Crippen molar-refractivity contribution in [2.45, 2.75) is 69.3 Å². The van der Waals surface area contributed by atoms with E-state index in [1.807, 2.05) is 30.3 Å². The maximum atomic E-state index is 12.6. The highest BCUT2D eigenvalue weighted by Gasteiger charge is 2.51. The zero-order chi connectivity index (χ0) is 24.2. The lowest BCUT2D eigenvalue weighted by Gasteiger charge is -2.57. The molecule has 0 radical (unpaired) electrons. The molecule has 4 saturated carbocycles. The minimum absolute atomic E-state index is 0.0720. The van der Waals surface area contributed by atoms with Crippen LogP contribution in [-0.2, 0) is 25.7 Å². The standard InChI is InChI=1S/C21H28N2O3.C2HF3O2/c22-18(9-19(24)26-13-14-4-2-1-3-5-14)20(25)23-21-10-15-6-16(11-21)8-17(7-15)12-21;3-2(4,5)1(6)7/h1-5,15-18H,6-13,22H2,(H,23,25);(H,6,7)/t15?,16?,17?,18-,21?;/m0./s1. The number of hydrogen-bond donors (Lipinski definition) is 3. The smallest absolute Gasteiger partial charge is 0.475 e. The average Bonchev–Trinajstić information content (AvgIpc) is 2.71. The summed E-state index contributed by atoms with van der Waals surface area (Å²) in [6.45, 7) is 0.211. The SMILES string of the molecule is N[C@@H](CC(=O)OCc1ccccc1)C(=O)NC12CC3CC(CC(C3)C1)C2.O=C(O)C(F)(F)F. The summed E-state index contributed by atoms with van der Waals surface area (Å²) in [5.41, 5.74) is 6.86. The highest BCUT2D eigenvalue weighted by molar-refractivity contribution is 5.87. The van der Waals surface area contributed by atoms with Crippen molar-refractivity contribution in [3.63, 3.8) is 0 Å². The first-order valence-corrected chi connectivity index (χ1v) is 11.0. The molecule has 33 heavy (non-hydrogen) atoms. The molecule has 0 heterocycles. The predicted molar refractivity (Wildman–Crippen MR) is 112 cm³/mol. The van der Waals surface area contributed by atoms with Gasteiger partial charge in [0, 0.05) is 5.54 Å². The van der Waals surface area contributed by atoms with Gasteiger partial charge in [-0.15, -0.1) is 0 Å². The maximum absolute atomic E-state index is 12.6. The molecular weight excluding hydrogens is 441 g/mol. The van der Waals surface area contributed by atoms with Crippen LogP contribution in [0.1, 0.15) is 50.5 Å². The molecule has 4 bridgehead atoms. The third-order valence-electron chi connectivity index (χ3n) is 6.64. The number of alkyl halides is 3. The number of carbonyl (C=O) groups is 3. The summed E-state index contributed by atoms with van der Waals surface area (Å²) in [6.07, 6.45) is 2.06. The van der Waals surface area contributed by atoms with Gasteiger partial charge in [0.15, 0.2) is 0 Å². The normalized spacial score (nSPS) is 28.3. The fourth-order valence-electron chi connectivity index (χ4n) is 5.69. The first-order chi connectivity index (χ1) is 15.5. The molecule has 4 fully saturated rings. The summed E-state index contributed by atoms with van der Waals surface area (Å²) < 4.78 is 37.0. The number of nitrogens with one attached hydrogen (secondary N) is 1. The molecule has 1 amide bonds. The number of halogens is 3. The van der Waals surface area contributed by atoms with E-state index in [9.17, 15) is 22.8 Å². The lowest BCUT2D eigenvalue weighted by Crippen LogP contribution is -2.62. The number of benzene rings is 1. The molecule has 1 atom stereocenters. The van der Waals surface area contributed by atoms with Crippen molar-refractivity contribution >= 4 is 17.8 Å². The van der Waals surface area contributed by atoms with Crippen LogP contribution in [-0.4, -0.2) is 40.7 Å². The highest BCUT2D eigenvalue weighted by atomic mass is 19.4. The number of nitrogens with two attached hydrogens (primary N) is 1. The Kier molecular flexibility index (Phi) is 7.66. The molecule has 10 heteroatoms. The Bertz CT molecular complexity index is 824. The van der Waals surface area contributed by atoms with E-state index in [0.29, 0.717) is 0 Å². The summed E-state index contributed by atoms with van der Waals surface area (Å²) in [5.74, 6) is -1.12. The van der Waals surface area contributed by atoms with Crippen LogP contribution >= 0.6 is 0 Å². The number of ether oxygens (including phenoxy) is 1. The van der Waals surface area contributed by atoms with Crippen LogP contribution in [0.5, 0.6) is 0 Å². The number of carbonyl (C=O) groups excluding carboxylic acids is 2. The quantitative estimate of drug-likeness (QED) is 0.550. The molecule has 0 aliphatic heterocycles. The Morgan fingerprint density at radius 3 is 2.00 bits per heavy atom. The molecule has 182 valence electrons. The molecule has 0 spiro atoms. The van der Waals surface area contributed by atoms with Gasteiger partial charge >= 0.3 is 18.1 Å². The monoisotopic (exact) mass is 470 g/mol. The first-order valence-electron chi connectivity index (χ1n) is 11.0. The maximum Gasteiger partial charge on any atom is 0.490 e. The summed E-state index contributed by atoms with van der Waals surface area (Å²) in [6, 6.07) is 8.66. The number of amides is 1. The molecule has 0 saturated heterocycles. The van der Waals surface area contributed by atoms with E-state index < -0.39 is 24.2 Å². The van der Waals surface area contributed by atoms with Crippen LogP contribution < -0.4 is 11.1 Å². The van der Waals surface area contributed by atoms with Crippen LogP contribution in [0.25, 0.3) is 0 Å². The van der Waals surface area contributed by atoms with Gasteiger partial charge in [0.1, 0.15) is 6.61 Å². The fraction of sp³-hybridized carbons (Fsp3) is 0.609. The molecule has 4 N–H and O–H groups in total. The Labute approximate surface area is 189 Å². The molecule has 0 aromatic heterocycles. The average molecular weight is 470 g/mol. The zero-order valence-electron chi connectivity index (χ0n) is 18.1. The second kappa shape index (κ2) is 10.1. The fourth-order valence-corrected chi connectivity index (χ4v) is 5.69. The number of carboxylic acids is 1. The van der Waals surface area contributed by atoms with Gasteiger partial charge in [0.25, 0.3) is 0 Å². The number of aliphatic carboxylic acids is 1. The second-order valence-electron chi connectivity index (χ2n) is 9.45. The van der Waals surface area contributed by atoms with Crippen molar-refractivity contribution in [3.8, 4) is 0 Å². The van der Waals surface area contributed by atoms with Crippen molar-refractivity contribution in [3.05, 3.63) is 35.9 Å². The predicted octanol–water partition coefficient (Wildman–Crippen LogP) is 3.17. The summed E-state index contributed by atoms with van der Waals surface area (Å²) in [5, 5.41) is 10.4. The number of esters is 1. The minimum atomic E-state index is -5.08. The molecule has 5 rings (SSSR count). The Balaban J connectivity index is 0.000000383. The molecule has 4 aliphatic carbocycles. The highest BCUT2D eigenvalue weighted by Crippen LogP contribution is 2.55. The van der Waals surface area contributed by atoms with E-state index in [1.54, 1.807) is 0 Å². The number of rotatable bonds is 6. The lowest BCUT2D eigenvalue weighted by atomic mass is 9.53. The van der Waals surface area contributed by atoms with E-state index in [0.717, 1.165) is 42.6 Å². The molecule has 7 nitrogen and oxygen atoms in total.